The summed E-state index contributed by atoms with van der Waals surface area (Å²) in [5.74, 6) is -0.351. The second-order valence-corrected chi connectivity index (χ2v) is 12.1. The van der Waals surface area contributed by atoms with Crippen LogP contribution in [0, 0.1) is 6.92 Å². The van der Waals surface area contributed by atoms with Crippen LogP contribution in [0.3, 0.4) is 0 Å². The van der Waals surface area contributed by atoms with Crippen molar-refractivity contribution in [3.05, 3.63) is 94.9 Å². The molecule has 1 amide bonds. The molecule has 0 radical (unpaired) electrons. The van der Waals surface area contributed by atoms with Crippen molar-refractivity contribution in [1.29, 1.82) is 0 Å². The van der Waals surface area contributed by atoms with Crippen LogP contribution in [0.4, 0.5) is 0 Å². The van der Waals surface area contributed by atoms with E-state index in [0.717, 1.165) is 21.9 Å². The maximum Gasteiger partial charge on any atom is 0.255 e. The highest BCUT2D eigenvalue weighted by molar-refractivity contribution is 7.92. The molecule has 4 rings (SSSR count). The van der Waals surface area contributed by atoms with Gasteiger partial charge in [-0.25, -0.2) is 13.4 Å². The van der Waals surface area contributed by atoms with Gasteiger partial charge in [-0.3, -0.25) is 14.2 Å². The third-order valence-electron chi connectivity index (χ3n) is 6.68. The molecule has 4 aromatic rings. The van der Waals surface area contributed by atoms with Gasteiger partial charge < -0.3 is 19.9 Å². The number of pyridine rings is 1. The number of rotatable bonds is 9. The number of oxazole rings is 1. The highest BCUT2D eigenvalue weighted by atomic mass is 32.2. The molecular formula is C28H29N3O7S. The van der Waals surface area contributed by atoms with Crippen LogP contribution in [0.2, 0.25) is 0 Å². The Kier molecular flexibility index (Phi) is 7.75. The van der Waals surface area contributed by atoms with Gasteiger partial charge >= 0.3 is 0 Å². The van der Waals surface area contributed by atoms with Crippen molar-refractivity contribution in [2.75, 3.05) is 12.8 Å². The monoisotopic (exact) mass is 551 g/mol. The number of nitrogens with one attached hydrogen (secondary N) is 1. The van der Waals surface area contributed by atoms with Gasteiger partial charge in [0.2, 0.25) is 0 Å². The second kappa shape index (κ2) is 10.9. The quantitative estimate of drug-likeness (QED) is 0.287. The van der Waals surface area contributed by atoms with E-state index in [1.54, 1.807) is 31.4 Å². The molecule has 2 atom stereocenters. The van der Waals surface area contributed by atoms with E-state index in [-0.39, 0.29) is 24.3 Å². The largest absolute Gasteiger partial charge is 0.507 e. The van der Waals surface area contributed by atoms with Crippen molar-refractivity contribution < 1.29 is 27.8 Å². The van der Waals surface area contributed by atoms with E-state index in [4.69, 9.17) is 4.42 Å². The minimum absolute atomic E-state index is 0.00937. The summed E-state index contributed by atoms with van der Waals surface area (Å²) in [5.41, 5.74) is 2.41. The van der Waals surface area contributed by atoms with Crippen LogP contribution in [0.5, 0.6) is 5.75 Å². The van der Waals surface area contributed by atoms with Crippen molar-refractivity contribution >= 4 is 15.7 Å². The van der Waals surface area contributed by atoms with Crippen LogP contribution in [0.15, 0.2) is 82.3 Å². The minimum atomic E-state index is -3.81. The first-order valence-electron chi connectivity index (χ1n) is 12.1. The van der Waals surface area contributed by atoms with Gasteiger partial charge in [-0.2, -0.15) is 0 Å². The standard InChI is InChI=1S/C28H29N3O7S/c1-18-30-23(16-38-18)20-10-8-19(9-11-20)21-12-13-31(25(33)14-21)26(34)15-28(2,39(3,36)37)17-29-27(35)22-6-4-5-7-24(22)32/h4-14,16,26,32,34H,15,17H2,1-3H3,(H,29,35). The summed E-state index contributed by atoms with van der Waals surface area (Å²) in [6, 6.07) is 16.3. The van der Waals surface area contributed by atoms with Crippen molar-refractivity contribution in [2.45, 2.75) is 31.2 Å². The molecule has 0 aliphatic rings. The lowest BCUT2D eigenvalue weighted by atomic mass is 10.0. The van der Waals surface area contributed by atoms with Gasteiger partial charge in [0.15, 0.2) is 15.7 Å². The van der Waals surface area contributed by atoms with Gasteiger partial charge in [0.05, 0.1) is 10.3 Å². The Morgan fingerprint density at radius 1 is 1.10 bits per heavy atom. The number of sulfone groups is 1. The average Bonchev–Trinajstić information content (AvgIpc) is 3.33. The number of hydrogen-bond acceptors (Lipinski definition) is 8. The molecule has 39 heavy (non-hydrogen) atoms. The van der Waals surface area contributed by atoms with E-state index in [1.807, 2.05) is 24.3 Å². The molecule has 11 heteroatoms. The number of aromatic nitrogens is 2. The molecule has 0 saturated carbocycles. The number of carbonyl (C=O) groups excluding carboxylic acids is 1. The number of aliphatic hydroxyl groups is 1. The van der Waals surface area contributed by atoms with Gasteiger partial charge in [0, 0.05) is 44.0 Å². The first-order valence-corrected chi connectivity index (χ1v) is 14.0. The number of amides is 1. The molecule has 2 aromatic heterocycles. The number of aromatic hydroxyl groups is 1. The van der Waals surface area contributed by atoms with Crippen LogP contribution >= 0.6 is 0 Å². The zero-order chi connectivity index (χ0) is 28.4. The molecule has 0 saturated heterocycles. The zero-order valence-electron chi connectivity index (χ0n) is 21.7. The third kappa shape index (κ3) is 6.10. The Morgan fingerprint density at radius 3 is 2.36 bits per heavy atom. The lowest BCUT2D eigenvalue weighted by Gasteiger charge is -2.30. The third-order valence-corrected chi connectivity index (χ3v) is 8.78. The molecule has 2 unspecified atom stereocenters. The van der Waals surface area contributed by atoms with Gasteiger partial charge in [-0.1, -0.05) is 36.4 Å². The summed E-state index contributed by atoms with van der Waals surface area (Å²) in [5, 5.41) is 23.3. The SMILES string of the molecule is Cc1nc(-c2ccc(-c3ccn(C(O)CC(C)(CNC(=O)c4ccccc4O)S(C)(=O)=O)c(=O)c3)cc2)co1. The second-order valence-electron chi connectivity index (χ2n) is 9.60. The van der Waals surface area contributed by atoms with Crippen LogP contribution in [0.25, 0.3) is 22.4 Å². The first kappa shape index (κ1) is 27.8. The number of carbonyl (C=O) groups is 1. The predicted molar refractivity (Wildman–Crippen MR) is 146 cm³/mol. The van der Waals surface area contributed by atoms with E-state index < -0.39 is 32.3 Å². The number of phenols is 1. The van der Waals surface area contributed by atoms with Gasteiger partial charge in [0.1, 0.15) is 23.9 Å². The molecule has 2 aromatic carbocycles. The fourth-order valence-electron chi connectivity index (χ4n) is 4.11. The van der Waals surface area contributed by atoms with Crippen molar-refractivity contribution in [3.8, 4) is 28.1 Å². The number of aliphatic hydroxyl groups excluding tert-OH is 1. The van der Waals surface area contributed by atoms with Gasteiger partial charge in [0.25, 0.3) is 11.5 Å². The van der Waals surface area contributed by atoms with Crippen LogP contribution in [0.1, 0.15) is 35.8 Å². The summed E-state index contributed by atoms with van der Waals surface area (Å²) in [6.07, 6.45) is 2.13. The lowest BCUT2D eigenvalue weighted by molar-refractivity contribution is 0.0767. The molecule has 0 aliphatic heterocycles. The predicted octanol–water partition coefficient (Wildman–Crippen LogP) is 3.30. The van der Waals surface area contributed by atoms with Crippen molar-refractivity contribution in [3.63, 3.8) is 0 Å². The summed E-state index contributed by atoms with van der Waals surface area (Å²) in [4.78, 5) is 29.7. The molecule has 0 bridgehead atoms. The number of para-hydroxylation sites is 1. The molecule has 10 nitrogen and oxygen atoms in total. The van der Waals surface area contributed by atoms with Crippen LogP contribution < -0.4 is 10.9 Å². The topological polar surface area (TPSA) is 152 Å². The molecule has 0 spiro atoms. The van der Waals surface area contributed by atoms with Crippen molar-refractivity contribution in [2.24, 2.45) is 0 Å². The van der Waals surface area contributed by atoms with Crippen molar-refractivity contribution in [1.82, 2.24) is 14.9 Å². The molecule has 204 valence electrons. The number of hydrogen-bond donors (Lipinski definition) is 3. The Morgan fingerprint density at radius 2 is 1.77 bits per heavy atom. The number of benzene rings is 2. The Labute approximate surface area is 225 Å². The summed E-state index contributed by atoms with van der Waals surface area (Å²) in [7, 11) is -3.81. The van der Waals surface area contributed by atoms with E-state index in [2.05, 4.69) is 10.3 Å². The number of nitrogens with zero attached hydrogens (tertiary/aromatic N) is 2. The van der Waals surface area contributed by atoms with Crippen LogP contribution in [-0.4, -0.2) is 51.6 Å². The normalized spacial score (nSPS) is 13.9. The Bertz CT molecular complexity index is 1660. The average molecular weight is 552 g/mol. The highest BCUT2D eigenvalue weighted by Crippen LogP contribution is 2.28. The Hall–Kier alpha value is -4.22. The maximum absolute atomic E-state index is 12.9. The van der Waals surface area contributed by atoms with Gasteiger partial charge in [-0.15, -0.1) is 0 Å². The molecule has 2 heterocycles. The Balaban J connectivity index is 1.51. The summed E-state index contributed by atoms with van der Waals surface area (Å²) in [6.45, 7) is 2.79. The smallest absolute Gasteiger partial charge is 0.255 e. The van der Waals surface area contributed by atoms with Crippen LogP contribution in [-0.2, 0) is 9.84 Å². The van der Waals surface area contributed by atoms with Gasteiger partial charge in [-0.05, 0) is 36.2 Å². The van der Waals surface area contributed by atoms with E-state index in [9.17, 15) is 28.2 Å². The number of phenolic OH excluding ortho intramolecular Hbond substituents is 1. The fourth-order valence-corrected chi connectivity index (χ4v) is 4.90. The van der Waals surface area contributed by atoms with E-state index in [1.165, 1.54) is 31.3 Å². The lowest BCUT2D eigenvalue weighted by Crippen LogP contribution is -2.48. The van der Waals surface area contributed by atoms with E-state index >= 15 is 0 Å². The maximum atomic E-state index is 12.9. The molecule has 0 fully saturated rings. The first-order chi connectivity index (χ1) is 18.4. The summed E-state index contributed by atoms with van der Waals surface area (Å²) < 4.78 is 30.0. The molecular weight excluding hydrogens is 522 g/mol. The minimum Gasteiger partial charge on any atom is -0.507 e. The molecule has 0 aliphatic carbocycles. The van der Waals surface area contributed by atoms with E-state index in [0.29, 0.717) is 17.1 Å². The highest BCUT2D eigenvalue weighted by Gasteiger charge is 2.39. The summed E-state index contributed by atoms with van der Waals surface area (Å²) >= 11 is 0. The molecule has 3 N–H and O–H groups in total. The number of aryl methyl sites for hydroxylation is 1. The zero-order valence-corrected chi connectivity index (χ0v) is 22.5. The fraction of sp³-hybridized carbons (Fsp3) is 0.250.